The number of carbonyl (C=O) groups excluding carboxylic acids is 2. The molecular weight excluding hydrogens is 490 g/mol. The van der Waals surface area contributed by atoms with Gasteiger partial charge < -0.3 is 15.5 Å². The van der Waals surface area contributed by atoms with Crippen LogP contribution >= 0.6 is 0 Å². The minimum absolute atomic E-state index is 0.259. The van der Waals surface area contributed by atoms with E-state index in [1.807, 2.05) is 6.07 Å². The predicted molar refractivity (Wildman–Crippen MR) is 147 cm³/mol. The number of likely N-dealkylation sites (N-methyl/N-ethyl adjacent to an activating group) is 1. The van der Waals surface area contributed by atoms with Crippen molar-refractivity contribution in [3.8, 4) is 17.2 Å². The molecular formula is C30H33N7O2. The zero-order valence-corrected chi connectivity index (χ0v) is 22.1. The lowest BCUT2D eigenvalue weighted by Gasteiger charge is -2.32. The smallest absolute Gasteiger partial charge is 0.253 e. The lowest BCUT2D eigenvalue weighted by atomic mass is 10.0. The summed E-state index contributed by atoms with van der Waals surface area (Å²) >= 11 is 0. The van der Waals surface area contributed by atoms with E-state index in [1.165, 1.54) is 11.8 Å². The molecule has 9 heteroatoms. The number of hydrogen-bond acceptors (Lipinski definition) is 7. The van der Waals surface area contributed by atoms with E-state index in [0.717, 1.165) is 49.4 Å². The largest absolute Gasteiger partial charge is 0.340 e. The van der Waals surface area contributed by atoms with Crippen LogP contribution in [0.4, 0.5) is 0 Å². The van der Waals surface area contributed by atoms with Crippen LogP contribution in [-0.2, 0) is 17.8 Å². The minimum atomic E-state index is -0.856. The van der Waals surface area contributed by atoms with Crippen LogP contribution in [0.1, 0.15) is 34.3 Å². The van der Waals surface area contributed by atoms with Gasteiger partial charge in [0, 0.05) is 69.5 Å². The van der Waals surface area contributed by atoms with Gasteiger partial charge in [0.2, 0.25) is 5.91 Å². The number of aromatic nitrogens is 2. The molecule has 1 aliphatic carbocycles. The molecule has 1 saturated carbocycles. The van der Waals surface area contributed by atoms with Crippen LogP contribution in [-0.4, -0.2) is 76.4 Å². The molecule has 200 valence electrons. The lowest BCUT2D eigenvalue weighted by molar-refractivity contribution is -0.123. The molecule has 2 fully saturated rings. The molecule has 1 saturated heterocycles. The maximum atomic E-state index is 13.3. The van der Waals surface area contributed by atoms with Gasteiger partial charge in [-0.2, -0.15) is 5.26 Å². The molecule has 5 rings (SSSR count). The topological polar surface area (TPSA) is 114 Å². The third-order valence-electron chi connectivity index (χ3n) is 7.40. The van der Waals surface area contributed by atoms with Crippen molar-refractivity contribution in [2.45, 2.75) is 37.4 Å². The Hall–Kier alpha value is -4.13. The van der Waals surface area contributed by atoms with Crippen LogP contribution in [0.15, 0.2) is 67.3 Å². The Bertz CT molecular complexity index is 1340. The van der Waals surface area contributed by atoms with Gasteiger partial charge in [0.05, 0.1) is 11.6 Å². The second-order valence-corrected chi connectivity index (χ2v) is 10.5. The number of piperazine rings is 1. The van der Waals surface area contributed by atoms with Gasteiger partial charge >= 0.3 is 0 Å². The Labute approximate surface area is 228 Å². The molecule has 0 unspecified atom stereocenters. The van der Waals surface area contributed by atoms with Gasteiger partial charge in [0.15, 0.2) is 0 Å². The summed E-state index contributed by atoms with van der Waals surface area (Å²) in [7, 11) is 2.16. The molecule has 0 radical (unpaired) electrons. The van der Waals surface area contributed by atoms with E-state index in [2.05, 4.69) is 67.8 Å². The van der Waals surface area contributed by atoms with Crippen LogP contribution < -0.4 is 10.6 Å². The number of rotatable bonds is 9. The first-order valence-corrected chi connectivity index (χ1v) is 13.3. The monoisotopic (exact) mass is 523 g/mol. The molecule has 9 nitrogen and oxygen atoms in total. The Balaban J connectivity index is 1.27. The third kappa shape index (κ3) is 6.85. The molecule has 3 heterocycles. The van der Waals surface area contributed by atoms with Crippen molar-refractivity contribution >= 4 is 11.8 Å². The minimum Gasteiger partial charge on any atom is -0.340 e. The zero-order valence-electron chi connectivity index (χ0n) is 22.1. The molecule has 0 bridgehead atoms. The first kappa shape index (κ1) is 26.5. The molecule has 1 aromatic carbocycles. The van der Waals surface area contributed by atoms with Gasteiger partial charge in [0.1, 0.15) is 11.6 Å². The van der Waals surface area contributed by atoms with Gasteiger partial charge in [-0.25, -0.2) is 0 Å². The normalized spacial score (nSPS) is 17.5. The van der Waals surface area contributed by atoms with E-state index in [4.69, 9.17) is 0 Å². The summed E-state index contributed by atoms with van der Waals surface area (Å²) in [6.07, 6.45) is 8.04. The molecule has 2 aromatic heterocycles. The number of pyridine rings is 2. The van der Waals surface area contributed by atoms with Gasteiger partial charge in [0.25, 0.3) is 5.91 Å². The second-order valence-electron chi connectivity index (χ2n) is 10.5. The van der Waals surface area contributed by atoms with E-state index in [1.54, 1.807) is 30.7 Å². The van der Waals surface area contributed by atoms with Crippen molar-refractivity contribution in [3.63, 3.8) is 0 Å². The summed E-state index contributed by atoms with van der Waals surface area (Å²) in [5.41, 5.74) is 3.38. The molecule has 0 spiro atoms. The van der Waals surface area contributed by atoms with Gasteiger partial charge in [-0.3, -0.25) is 24.5 Å². The Morgan fingerprint density at radius 1 is 1.00 bits per heavy atom. The van der Waals surface area contributed by atoms with E-state index in [-0.39, 0.29) is 12.3 Å². The SMILES string of the molecule is CN1CCN(Cc2ccc(-c3cncc(C(=O)N[C@@H](Cc4cccnc4)C(=O)NC4(C#N)CC4)c3)cc2)CC1. The predicted octanol–water partition coefficient (Wildman–Crippen LogP) is 2.40. The molecule has 39 heavy (non-hydrogen) atoms. The summed E-state index contributed by atoms with van der Waals surface area (Å²) in [6.45, 7) is 5.22. The van der Waals surface area contributed by atoms with Crippen LogP contribution in [0, 0.1) is 11.3 Å². The Morgan fingerprint density at radius 3 is 2.44 bits per heavy atom. The molecule has 2 aliphatic rings. The first-order chi connectivity index (χ1) is 18.9. The van der Waals surface area contributed by atoms with Crippen LogP contribution in [0.5, 0.6) is 0 Å². The van der Waals surface area contributed by atoms with Crippen molar-refractivity contribution < 1.29 is 9.59 Å². The number of nitriles is 1. The summed E-state index contributed by atoms with van der Waals surface area (Å²) in [5, 5.41) is 15.1. The summed E-state index contributed by atoms with van der Waals surface area (Å²) in [6, 6.07) is 15.1. The molecule has 1 atom stereocenters. The Kier molecular flexibility index (Phi) is 7.96. The van der Waals surface area contributed by atoms with Gasteiger partial charge in [-0.05, 0) is 48.7 Å². The fourth-order valence-corrected chi connectivity index (χ4v) is 4.71. The summed E-state index contributed by atoms with van der Waals surface area (Å²) < 4.78 is 0. The molecule has 3 aromatic rings. The highest BCUT2D eigenvalue weighted by Gasteiger charge is 2.45. The van der Waals surface area contributed by atoms with E-state index in [9.17, 15) is 14.9 Å². The van der Waals surface area contributed by atoms with Crippen molar-refractivity contribution in [2.24, 2.45) is 0 Å². The van der Waals surface area contributed by atoms with E-state index in [0.29, 0.717) is 18.4 Å². The number of nitrogens with zero attached hydrogens (tertiary/aromatic N) is 5. The molecule has 1 aliphatic heterocycles. The number of benzene rings is 1. The van der Waals surface area contributed by atoms with Crippen molar-refractivity contribution in [1.82, 2.24) is 30.4 Å². The number of amides is 2. The highest BCUT2D eigenvalue weighted by molar-refractivity contribution is 5.98. The van der Waals surface area contributed by atoms with Crippen LogP contribution in [0.3, 0.4) is 0 Å². The molecule has 2 N–H and O–H groups in total. The standard InChI is InChI=1S/C30H33N7O2/c1-36-11-13-37(14-12-36)20-22-4-6-24(7-5-22)25-16-26(19-33-18-25)28(38)34-27(15-23-3-2-10-32-17-23)29(39)35-30(21-31)8-9-30/h2-7,10,16-19,27H,8-9,11-15,20H2,1H3,(H,34,38)(H,35,39)/t27-/m0/s1. The van der Waals surface area contributed by atoms with Gasteiger partial charge in [-0.15, -0.1) is 0 Å². The van der Waals surface area contributed by atoms with Crippen molar-refractivity contribution in [2.75, 3.05) is 33.2 Å². The number of nitrogens with one attached hydrogen (secondary N) is 2. The van der Waals surface area contributed by atoms with E-state index < -0.39 is 17.5 Å². The summed E-state index contributed by atoms with van der Waals surface area (Å²) in [4.78, 5) is 39.6. The first-order valence-electron chi connectivity index (χ1n) is 13.3. The van der Waals surface area contributed by atoms with Crippen molar-refractivity contribution in [1.29, 1.82) is 5.26 Å². The third-order valence-corrected chi connectivity index (χ3v) is 7.40. The number of hydrogen-bond donors (Lipinski definition) is 2. The highest BCUT2D eigenvalue weighted by atomic mass is 16.2. The van der Waals surface area contributed by atoms with Crippen LogP contribution in [0.2, 0.25) is 0 Å². The van der Waals surface area contributed by atoms with E-state index >= 15 is 0 Å². The quantitative estimate of drug-likeness (QED) is 0.443. The average molecular weight is 524 g/mol. The lowest BCUT2D eigenvalue weighted by Crippen LogP contribution is -2.51. The number of carbonyl (C=O) groups is 2. The maximum absolute atomic E-state index is 13.3. The second kappa shape index (κ2) is 11.7. The maximum Gasteiger partial charge on any atom is 0.253 e. The van der Waals surface area contributed by atoms with Crippen molar-refractivity contribution in [3.05, 3.63) is 83.9 Å². The van der Waals surface area contributed by atoms with Gasteiger partial charge in [-0.1, -0.05) is 30.3 Å². The fourth-order valence-electron chi connectivity index (χ4n) is 4.71. The highest BCUT2D eigenvalue weighted by Crippen LogP contribution is 2.34. The fraction of sp³-hybridized carbons (Fsp3) is 0.367. The molecule has 2 amide bonds. The zero-order chi connectivity index (χ0) is 27.2. The Morgan fingerprint density at radius 2 is 1.77 bits per heavy atom. The summed E-state index contributed by atoms with van der Waals surface area (Å²) in [5.74, 6) is -0.784. The van der Waals surface area contributed by atoms with Crippen LogP contribution in [0.25, 0.3) is 11.1 Å². The average Bonchev–Trinajstić information content (AvgIpc) is 3.74.